The van der Waals surface area contributed by atoms with Gasteiger partial charge in [-0.05, 0) is 48.9 Å². The van der Waals surface area contributed by atoms with Crippen molar-refractivity contribution in [3.63, 3.8) is 0 Å². The summed E-state index contributed by atoms with van der Waals surface area (Å²) in [5.74, 6) is 0.666. The normalized spacial score (nSPS) is 10.9. The van der Waals surface area contributed by atoms with Crippen LogP contribution < -0.4 is 4.74 Å². The predicted molar refractivity (Wildman–Crippen MR) is 90.5 cm³/mol. The monoisotopic (exact) mass is 310 g/mol. The third-order valence-corrected chi connectivity index (χ3v) is 3.83. The minimum absolute atomic E-state index is 0.0826. The van der Waals surface area contributed by atoms with E-state index in [4.69, 9.17) is 4.74 Å². The quantitative estimate of drug-likeness (QED) is 0.708. The smallest absolute Gasteiger partial charge is 0.222 e. The van der Waals surface area contributed by atoms with Gasteiger partial charge in [0.25, 0.3) is 0 Å². The number of benzene rings is 2. The molecule has 118 valence electrons. The minimum atomic E-state index is -0.117. The van der Waals surface area contributed by atoms with E-state index < -0.39 is 0 Å². The molecule has 3 rings (SSSR count). The second-order valence-electron chi connectivity index (χ2n) is 5.60. The van der Waals surface area contributed by atoms with Gasteiger partial charge in [0.2, 0.25) is 5.88 Å². The van der Waals surface area contributed by atoms with E-state index in [9.17, 15) is 10.0 Å². The van der Waals surface area contributed by atoms with Crippen molar-refractivity contribution in [1.29, 1.82) is 0 Å². The summed E-state index contributed by atoms with van der Waals surface area (Å²) in [5, 5.41) is 13.9. The molecular formula is C18H18N2O3. The maximum atomic E-state index is 11.0. The number of hydrogen-bond donors (Lipinski definition) is 1. The highest BCUT2D eigenvalue weighted by Gasteiger charge is 2.17. The number of hydrogen-bond acceptors (Lipinski definition) is 4. The Hall–Kier alpha value is -2.82. The number of aromatic nitrogens is 1. The van der Waals surface area contributed by atoms with E-state index in [1.165, 1.54) is 0 Å². The van der Waals surface area contributed by atoms with E-state index in [2.05, 4.69) is 5.18 Å². The summed E-state index contributed by atoms with van der Waals surface area (Å²) in [7, 11) is 0. The van der Waals surface area contributed by atoms with Gasteiger partial charge in [-0.15, -0.1) is 4.91 Å². The molecule has 23 heavy (non-hydrogen) atoms. The van der Waals surface area contributed by atoms with Crippen molar-refractivity contribution < 1.29 is 9.84 Å². The van der Waals surface area contributed by atoms with E-state index in [0.717, 1.165) is 22.4 Å². The number of aromatic hydroxyl groups is 1. The fourth-order valence-corrected chi connectivity index (χ4v) is 2.71. The predicted octanol–water partition coefficient (Wildman–Crippen LogP) is 4.44. The van der Waals surface area contributed by atoms with E-state index in [1.807, 2.05) is 56.3 Å². The van der Waals surface area contributed by atoms with Crippen LogP contribution >= 0.6 is 0 Å². The molecule has 0 aliphatic carbocycles. The SMILES string of the molecule is Cc1cccc(OCCn2c(O)c(N=O)c3cc(C)ccc32)c1. The van der Waals surface area contributed by atoms with Crippen molar-refractivity contribution in [3.05, 3.63) is 58.5 Å². The largest absolute Gasteiger partial charge is 0.493 e. The van der Waals surface area contributed by atoms with Crippen LogP contribution in [0.15, 0.2) is 47.6 Å². The Kier molecular flexibility index (Phi) is 4.02. The standard InChI is InChI=1S/C18H18N2O3/c1-12-4-3-5-14(10-12)23-9-8-20-16-7-6-13(2)11-15(16)17(19-22)18(20)21/h3-7,10-11,21H,8-9H2,1-2H3. The van der Waals surface area contributed by atoms with E-state index in [1.54, 1.807) is 4.57 Å². The van der Waals surface area contributed by atoms with Crippen LogP contribution in [0.5, 0.6) is 11.6 Å². The van der Waals surface area contributed by atoms with E-state index in [0.29, 0.717) is 18.5 Å². The molecule has 0 bridgehead atoms. The van der Waals surface area contributed by atoms with Gasteiger partial charge in [-0.2, -0.15) is 0 Å². The minimum Gasteiger partial charge on any atom is -0.493 e. The lowest BCUT2D eigenvalue weighted by molar-refractivity contribution is 0.290. The third kappa shape index (κ3) is 2.90. The van der Waals surface area contributed by atoms with Crippen molar-refractivity contribution >= 4 is 16.6 Å². The van der Waals surface area contributed by atoms with Crippen LogP contribution in [0, 0.1) is 18.8 Å². The maximum absolute atomic E-state index is 11.0. The molecule has 0 saturated heterocycles. The molecule has 0 unspecified atom stereocenters. The van der Waals surface area contributed by atoms with Gasteiger partial charge in [-0.25, -0.2) is 0 Å². The average Bonchev–Trinajstić information content (AvgIpc) is 2.78. The lowest BCUT2D eigenvalue weighted by Crippen LogP contribution is -2.07. The first-order valence-corrected chi connectivity index (χ1v) is 7.45. The van der Waals surface area contributed by atoms with Gasteiger partial charge < -0.3 is 14.4 Å². The van der Waals surface area contributed by atoms with Crippen LogP contribution in [0.25, 0.3) is 10.9 Å². The molecule has 0 aliphatic heterocycles. The van der Waals surface area contributed by atoms with Crippen LogP contribution in [0.4, 0.5) is 5.69 Å². The van der Waals surface area contributed by atoms with Crippen LogP contribution in [-0.4, -0.2) is 16.3 Å². The molecule has 0 aliphatic rings. The van der Waals surface area contributed by atoms with Gasteiger partial charge in [0.05, 0.1) is 12.1 Å². The zero-order valence-electron chi connectivity index (χ0n) is 13.1. The van der Waals surface area contributed by atoms with Crippen molar-refractivity contribution in [2.24, 2.45) is 5.18 Å². The summed E-state index contributed by atoms with van der Waals surface area (Å²) in [6.07, 6.45) is 0. The second-order valence-corrected chi connectivity index (χ2v) is 5.60. The Morgan fingerprint density at radius 1 is 1.13 bits per heavy atom. The number of nitrogens with zero attached hydrogens (tertiary/aromatic N) is 2. The molecule has 1 heterocycles. The fourth-order valence-electron chi connectivity index (χ4n) is 2.71. The Balaban J connectivity index is 1.85. The summed E-state index contributed by atoms with van der Waals surface area (Å²) in [6, 6.07) is 13.5. The van der Waals surface area contributed by atoms with E-state index in [-0.39, 0.29) is 11.6 Å². The Morgan fingerprint density at radius 2 is 1.91 bits per heavy atom. The van der Waals surface area contributed by atoms with Gasteiger partial charge >= 0.3 is 0 Å². The Bertz CT molecular complexity index is 868. The van der Waals surface area contributed by atoms with Crippen molar-refractivity contribution in [1.82, 2.24) is 4.57 Å². The molecule has 1 aromatic heterocycles. The van der Waals surface area contributed by atoms with Gasteiger partial charge in [-0.3, -0.25) is 0 Å². The van der Waals surface area contributed by atoms with Crippen molar-refractivity contribution in [3.8, 4) is 11.6 Å². The summed E-state index contributed by atoms with van der Waals surface area (Å²) in [5.41, 5.74) is 2.99. The maximum Gasteiger partial charge on any atom is 0.222 e. The summed E-state index contributed by atoms with van der Waals surface area (Å²) in [4.78, 5) is 11.0. The molecule has 3 aromatic rings. The van der Waals surface area contributed by atoms with Gasteiger partial charge in [0.1, 0.15) is 12.4 Å². The number of ether oxygens (including phenoxy) is 1. The molecule has 0 atom stereocenters. The van der Waals surface area contributed by atoms with Gasteiger partial charge in [0.15, 0.2) is 5.69 Å². The lowest BCUT2D eigenvalue weighted by Gasteiger charge is -2.09. The number of nitroso groups, excluding NO2 is 1. The molecule has 0 spiro atoms. The Morgan fingerprint density at radius 3 is 2.65 bits per heavy atom. The zero-order valence-corrected chi connectivity index (χ0v) is 13.1. The molecule has 2 aromatic carbocycles. The highest BCUT2D eigenvalue weighted by Crippen LogP contribution is 2.38. The van der Waals surface area contributed by atoms with E-state index >= 15 is 0 Å². The summed E-state index contributed by atoms with van der Waals surface area (Å²) in [6.45, 7) is 4.74. The molecule has 1 N–H and O–H groups in total. The zero-order chi connectivity index (χ0) is 16.4. The molecule has 5 nitrogen and oxygen atoms in total. The summed E-state index contributed by atoms with van der Waals surface area (Å²) < 4.78 is 7.37. The molecule has 0 saturated carbocycles. The summed E-state index contributed by atoms with van der Waals surface area (Å²) >= 11 is 0. The first kappa shape index (κ1) is 15.1. The van der Waals surface area contributed by atoms with Crippen LogP contribution in [0.3, 0.4) is 0 Å². The first-order chi connectivity index (χ1) is 11.1. The molecule has 0 fully saturated rings. The molecule has 0 radical (unpaired) electrons. The van der Waals surface area contributed by atoms with Crippen LogP contribution in [0.1, 0.15) is 11.1 Å². The third-order valence-electron chi connectivity index (χ3n) is 3.83. The number of fused-ring (bicyclic) bond motifs is 1. The van der Waals surface area contributed by atoms with Gasteiger partial charge in [0, 0.05) is 5.39 Å². The second kappa shape index (κ2) is 6.12. The molecule has 0 amide bonds. The average molecular weight is 310 g/mol. The fraction of sp³-hybridized carbons (Fsp3) is 0.222. The Labute approximate surface area is 134 Å². The van der Waals surface area contributed by atoms with Crippen LogP contribution in [0.2, 0.25) is 0 Å². The molecule has 5 heteroatoms. The number of rotatable bonds is 5. The van der Waals surface area contributed by atoms with Gasteiger partial charge in [-0.1, -0.05) is 23.8 Å². The van der Waals surface area contributed by atoms with Crippen molar-refractivity contribution in [2.45, 2.75) is 20.4 Å². The van der Waals surface area contributed by atoms with Crippen molar-refractivity contribution in [2.75, 3.05) is 6.61 Å². The number of aryl methyl sites for hydroxylation is 2. The highest BCUT2D eigenvalue weighted by atomic mass is 16.5. The van der Waals surface area contributed by atoms with Crippen LogP contribution in [-0.2, 0) is 6.54 Å². The first-order valence-electron chi connectivity index (χ1n) is 7.45. The highest BCUT2D eigenvalue weighted by molar-refractivity contribution is 5.95. The lowest BCUT2D eigenvalue weighted by atomic mass is 10.1. The molecular weight excluding hydrogens is 292 g/mol. The topological polar surface area (TPSA) is 63.8 Å².